The zero-order valence-corrected chi connectivity index (χ0v) is 14.3. The lowest BCUT2D eigenvalue weighted by Gasteiger charge is -2.37. The van der Waals surface area contributed by atoms with Gasteiger partial charge in [0.25, 0.3) is 0 Å². The summed E-state index contributed by atoms with van der Waals surface area (Å²) in [6, 6.07) is 3.75. The predicted molar refractivity (Wildman–Crippen MR) is 87.7 cm³/mol. The molecule has 7 nitrogen and oxygen atoms in total. The van der Waals surface area contributed by atoms with E-state index in [0.29, 0.717) is 31.7 Å². The maximum atomic E-state index is 12.3. The minimum absolute atomic E-state index is 0.328. The first-order valence-electron chi connectivity index (χ1n) is 8.23. The number of rotatable bonds is 0. The van der Waals surface area contributed by atoms with Crippen LogP contribution in [0.3, 0.4) is 0 Å². The van der Waals surface area contributed by atoms with Gasteiger partial charge in [-0.05, 0) is 45.7 Å². The number of likely N-dealkylation sites (tertiary alicyclic amines) is 1. The van der Waals surface area contributed by atoms with E-state index in [4.69, 9.17) is 9.47 Å². The number of pyridine rings is 1. The summed E-state index contributed by atoms with van der Waals surface area (Å²) in [6.45, 7) is 6.59. The fourth-order valence-electron chi connectivity index (χ4n) is 3.22. The Morgan fingerprint density at radius 1 is 1.38 bits per heavy atom. The van der Waals surface area contributed by atoms with E-state index in [-0.39, 0.29) is 6.09 Å². The van der Waals surface area contributed by atoms with Gasteiger partial charge >= 0.3 is 12.2 Å². The molecule has 24 heavy (non-hydrogen) atoms. The van der Waals surface area contributed by atoms with Crippen molar-refractivity contribution in [1.29, 1.82) is 0 Å². The van der Waals surface area contributed by atoms with Gasteiger partial charge < -0.3 is 14.4 Å². The fourth-order valence-corrected chi connectivity index (χ4v) is 3.22. The van der Waals surface area contributed by atoms with Crippen LogP contribution in [0.1, 0.15) is 45.6 Å². The molecule has 1 aromatic rings. The molecule has 3 heterocycles. The highest BCUT2D eigenvalue weighted by atomic mass is 16.6. The highest BCUT2D eigenvalue weighted by molar-refractivity contribution is 5.87. The average molecular weight is 333 g/mol. The monoisotopic (exact) mass is 333 g/mol. The first kappa shape index (κ1) is 16.5. The Morgan fingerprint density at radius 2 is 2.17 bits per heavy atom. The van der Waals surface area contributed by atoms with E-state index in [1.165, 1.54) is 0 Å². The van der Waals surface area contributed by atoms with Crippen LogP contribution in [0.5, 0.6) is 0 Å². The number of hydrogen-bond acceptors (Lipinski definition) is 5. The number of hydrogen-bond donors (Lipinski definition) is 1. The van der Waals surface area contributed by atoms with E-state index in [0.717, 1.165) is 12.0 Å². The Hall–Kier alpha value is -2.31. The van der Waals surface area contributed by atoms with Crippen LogP contribution < -0.4 is 5.32 Å². The number of anilines is 1. The first-order valence-corrected chi connectivity index (χ1v) is 8.23. The molecule has 2 aliphatic heterocycles. The summed E-state index contributed by atoms with van der Waals surface area (Å²) < 4.78 is 11.1. The summed E-state index contributed by atoms with van der Waals surface area (Å²) >= 11 is 0. The van der Waals surface area contributed by atoms with Crippen LogP contribution in [0.2, 0.25) is 0 Å². The minimum atomic E-state index is -0.733. The van der Waals surface area contributed by atoms with Gasteiger partial charge in [-0.2, -0.15) is 0 Å². The van der Waals surface area contributed by atoms with Crippen LogP contribution >= 0.6 is 0 Å². The van der Waals surface area contributed by atoms with Gasteiger partial charge in [0.05, 0.1) is 0 Å². The first-order chi connectivity index (χ1) is 11.3. The average Bonchev–Trinajstić information content (AvgIpc) is 2.69. The number of aromatic nitrogens is 1. The lowest BCUT2D eigenvalue weighted by Crippen LogP contribution is -2.42. The van der Waals surface area contributed by atoms with Crippen LogP contribution in [0.4, 0.5) is 15.4 Å². The topological polar surface area (TPSA) is 80.8 Å². The molecule has 0 radical (unpaired) electrons. The van der Waals surface area contributed by atoms with Crippen LogP contribution in [0.15, 0.2) is 18.3 Å². The highest BCUT2D eigenvalue weighted by Gasteiger charge is 2.44. The second kappa shape index (κ2) is 5.96. The van der Waals surface area contributed by atoms with Crippen LogP contribution in [-0.2, 0) is 15.1 Å². The Balaban J connectivity index is 1.80. The van der Waals surface area contributed by atoms with Crippen molar-refractivity contribution in [3.8, 4) is 0 Å². The second-order valence-electron chi connectivity index (χ2n) is 7.23. The molecule has 2 aliphatic rings. The van der Waals surface area contributed by atoms with Crippen molar-refractivity contribution in [2.45, 2.75) is 51.2 Å². The van der Waals surface area contributed by atoms with Gasteiger partial charge in [-0.15, -0.1) is 0 Å². The molecule has 130 valence electrons. The molecule has 2 amide bonds. The van der Waals surface area contributed by atoms with Gasteiger partial charge in [-0.3, -0.25) is 5.32 Å². The molecule has 0 saturated carbocycles. The van der Waals surface area contributed by atoms with Gasteiger partial charge in [0.2, 0.25) is 0 Å². The van der Waals surface area contributed by atoms with Crippen molar-refractivity contribution in [2.75, 3.05) is 18.4 Å². The quantitative estimate of drug-likeness (QED) is 0.788. The SMILES string of the molecule is CC(C)(C)OC(=O)N1CCCC2(CC1)OC(=O)Nc1ncccc12. The molecule has 1 aromatic heterocycles. The summed E-state index contributed by atoms with van der Waals surface area (Å²) in [5.74, 6) is 0.541. The maximum absolute atomic E-state index is 12.3. The smallest absolute Gasteiger partial charge is 0.413 e. The van der Waals surface area contributed by atoms with Crippen LogP contribution in [0, 0.1) is 0 Å². The molecule has 1 atom stereocenters. The molecule has 3 rings (SSSR count). The lowest BCUT2D eigenvalue weighted by molar-refractivity contribution is -0.00318. The summed E-state index contributed by atoms with van der Waals surface area (Å²) in [7, 11) is 0. The molecule has 0 bridgehead atoms. The molecule has 1 spiro atoms. The van der Waals surface area contributed by atoms with Crippen molar-refractivity contribution < 1.29 is 19.1 Å². The van der Waals surface area contributed by atoms with E-state index in [1.807, 2.05) is 32.9 Å². The van der Waals surface area contributed by atoms with E-state index >= 15 is 0 Å². The molecule has 7 heteroatoms. The number of nitrogens with one attached hydrogen (secondary N) is 1. The second-order valence-corrected chi connectivity index (χ2v) is 7.23. The van der Waals surface area contributed by atoms with Gasteiger partial charge in [-0.1, -0.05) is 0 Å². The fraction of sp³-hybridized carbons (Fsp3) is 0.588. The molecule has 0 aliphatic carbocycles. The third-order valence-corrected chi connectivity index (χ3v) is 4.25. The third kappa shape index (κ3) is 3.29. The zero-order chi connectivity index (χ0) is 17.4. The summed E-state index contributed by atoms with van der Waals surface area (Å²) in [6.07, 6.45) is 2.72. The van der Waals surface area contributed by atoms with Crippen molar-refractivity contribution >= 4 is 18.0 Å². The molecule has 1 fully saturated rings. The zero-order valence-electron chi connectivity index (χ0n) is 14.3. The van der Waals surface area contributed by atoms with Crippen molar-refractivity contribution in [1.82, 2.24) is 9.88 Å². The van der Waals surface area contributed by atoms with Crippen LogP contribution in [-0.4, -0.2) is 40.8 Å². The summed E-state index contributed by atoms with van der Waals surface area (Å²) in [5.41, 5.74) is -0.391. The largest absolute Gasteiger partial charge is 0.444 e. The Morgan fingerprint density at radius 3 is 2.92 bits per heavy atom. The summed E-state index contributed by atoms with van der Waals surface area (Å²) in [5, 5.41) is 2.64. The molecule has 1 saturated heterocycles. The Labute approximate surface area is 141 Å². The van der Waals surface area contributed by atoms with Crippen LogP contribution in [0.25, 0.3) is 0 Å². The molecule has 0 aromatic carbocycles. The molecular weight excluding hydrogens is 310 g/mol. The lowest BCUT2D eigenvalue weighted by atomic mass is 9.86. The molecular formula is C17H23N3O4. The van der Waals surface area contributed by atoms with Gasteiger partial charge in [-0.25, -0.2) is 14.6 Å². The summed E-state index contributed by atoms with van der Waals surface area (Å²) in [4.78, 5) is 30.2. The predicted octanol–water partition coefficient (Wildman–Crippen LogP) is 3.26. The van der Waals surface area contributed by atoms with E-state index in [9.17, 15) is 9.59 Å². The molecule has 1 unspecified atom stereocenters. The standard InChI is InChI=1S/C17H23N3O4/c1-16(2,3)24-15(22)20-10-5-7-17(8-11-20)12-6-4-9-18-13(12)19-14(21)23-17/h4,6,9H,5,7-8,10-11H2,1-3H3,(H,18,19,21). The van der Waals surface area contributed by atoms with Gasteiger partial charge in [0, 0.05) is 31.3 Å². The normalized spacial score (nSPS) is 23.8. The number of amides is 2. The van der Waals surface area contributed by atoms with Gasteiger partial charge in [0.15, 0.2) is 0 Å². The highest BCUT2D eigenvalue weighted by Crippen LogP contribution is 2.42. The van der Waals surface area contributed by atoms with Crippen molar-refractivity contribution in [3.63, 3.8) is 0 Å². The minimum Gasteiger partial charge on any atom is -0.444 e. The number of fused-ring (bicyclic) bond motifs is 2. The van der Waals surface area contributed by atoms with Gasteiger partial charge in [0.1, 0.15) is 17.0 Å². The Bertz CT molecular complexity index is 655. The third-order valence-electron chi connectivity index (χ3n) is 4.25. The Kier molecular flexibility index (Phi) is 4.11. The molecule has 1 N–H and O–H groups in total. The number of nitrogens with zero attached hydrogens (tertiary/aromatic N) is 2. The number of carbonyl (C=O) groups excluding carboxylic acids is 2. The number of carbonyl (C=O) groups is 2. The van der Waals surface area contributed by atoms with E-state index in [1.54, 1.807) is 11.1 Å². The van der Waals surface area contributed by atoms with E-state index < -0.39 is 17.3 Å². The maximum Gasteiger partial charge on any atom is 0.413 e. The van der Waals surface area contributed by atoms with E-state index in [2.05, 4.69) is 10.3 Å². The van der Waals surface area contributed by atoms with Crippen molar-refractivity contribution in [3.05, 3.63) is 23.9 Å². The van der Waals surface area contributed by atoms with Crippen molar-refractivity contribution in [2.24, 2.45) is 0 Å². The number of ether oxygens (including phenoxy) is 2.